The molecular weight excluding hydrogens is 267 g/mol. The molecule has 0 bridgehead atoms. The molecule has 1 aliphatic heterocycles. The molecule has 1 aromatic rings. The maximum atomic E-state index is 11.9. The maximum Gasteiger partial charge on any atom is 0.573 e. The first kappa shape index (κ1) is 13.2. The van der Waals surface area contributed by atoms with Crippen LogP contribution in [0.5, 0.6) is 5.75 Å². The van der Waals surface area contributed by atoms with Crippen molar-refractivity contribution < 1.29 is 32.2 Å². The fraction of sp³-hybridized carbons (Fsp3) is 0.273. The first-order valence-corrected chi connectivity index (χ1v) is 5.20. The highest BCUT2D eigenvalue weighted by atomic mass is 19.4. The first-order valence-electron chi connectivity index (χ1n) is 5.20. The summed E-state index contributed by atoms with van der Waals surface area (Å²) in [6.07, 6.45) is -5.44. The number of carbonyl (C=O) groups is 2. The van der Waals surface area contributed by atoms with Crippen LogP contribution in [0.1, 0.15) is 5.56 Å². The number of halogens is 3. The van der Waals surface area contributed by atoms with E-state index < -0.39 is 24.5 Å². The summed E-state index contributed by atoms with van der Waals surface area (Å²) in [6, 6.07) is 4.19. The van der Waals surface area contributed by atoms with Gasteiger partial charge in [0.05, 0.1) is 0 Å². The molecule has 0 spiro atoms. The minimum Gasteiger partial charge on any atom is -0.406 e. The molecule has 1 fully saturated rings. The molecule has 1 saturated heterocycles. The summed E-state index contributed by atoms with van der Waals surface area (Å²) in [5.41, 5.74) is 0.568. The van der Waals surface area contributed by atoms with Crippen LogP contribution in [0.15, 0.2) is 24.3 Å². The van der Waals surface area contributed by atoms with E-state index in [1.807, 2.05) is 0 Å². The van der Waals surface area contributed by atoms with Gasteiger partial charge in [-0.25, -0.2) is 9.59 Å². The fourth-order valence-corrected chi connectivity index (χ4v) is 1.59. The molecular formula is C11H8F3NO4. The van der Waals surface area contributed by atoms with Gasteiger partial charge in [-0.2, -0.15) is 0 Å². The third-order valence-electron chi connectivity index (χ3n) is 2.37. The molecule has 1 N–H and O–H groups in total. The summed E-state index contributed by atoms with van der Waals surface area (Å²) in [6.45, 7) is 0. The van der Waals surface area contributed by atoms with Crippen molar-refractivity contribution in [3.05, 3.63) is 29.8 Å². The number of alkyl halides is 3. The Hall–Kier alpha value is -2.25. The normalized spacial score (nSPS) is 19.0. The van der Waals surface area contributed by atoms with Gasteiger partial charge in [-0.15, -0.1) is 13.2 Å². The lowest BCUT2D eigenvalue weighted by atomic mass is 10.1. The number of cyclic esters (lactones) is 2. The molecule has 1 heterocycles. The largest absolute Gasteiger partial charge is 0.573 e. The van der Waals surface area contributed by atoms with Gasteiger partial charge in [-0.05, 0) is 17.7 Å². The molecule has 19 heavy (non-hydrogen) atoms. The highest BCUT2D eigenvalue weighted by molar-refractivity contribution is 5.95. The van der Waals surface area contributed by atoms with E-state index in [9.17, 15) is 22.8 Å². The summed E-state index contributed by atoms with van der Waals surface area (Å²) in [5, 5.41) is 2.28. The number of rotatable bonds is 3. The molecule has 1 amide bonds. The molecule has 2 rings (SSSR count). The third-order valence-corrected chi connectivity index (χ3v) is 2.37. The second-order valence-corrected chi connectivity index (χ2v) is 3.80. The Bertz CT molecular complexity index is 498. The smallest absolute Gasteiger partial charge is 0.406 e. The quantitative estimate of drug-likeness (QED) is 0.674. The van der Waals surface area contributed by atoms with Crippen LogP contribution in [0.2, 0.25) is 0 Å². The van der Waals surface area contributed by atoms with Crippen LogP contribution in [0, 0.1) is 0 Å². The first-order chi connectivity index (χ1) is 8.83. The molecule has 0 saturated carbocycles. The van der Waals surface area contributed by atoms with Crippen LogP contribution in [0.25, 0.3) is 0 Å². The van der Waals surface area contributed by atoms with Gasteiger partial charge in [0.25, 0.3) is 0 Å². The number of alkyl carbamates (subject to hydrolysis) is 1. The Morgan fingerprint density at radius 1 is 1.21 bits per heavy atom. The number of hydrogen-bond donors (Lipinski definition) is 1. The van der Waals surface area contributed by atoms with Crippen molar-refractivity contribution in [3.8, 4) is 5.75 Å². The molecule has 1 unspecified atom stereocenters. The average Bonchev–Trinajstić information content (AvgIpc) is 2.58. The molecule has 0 radical (unpaired) electrons. The summed E-state index contributed by atoms with van der Waals surface area (Å²) >= 11 is 0. The second-order valence-electron chi connectivity index (χ2n) is 3.80. The summed E-state index contributed by atoms with van der Waals surface area (Å²) < 4.78 is 43.8. The molecule has 0 aromatic heterocycles. The van der Waals surface area contributed by atoms with Crippen LogP contribution in [0.3, 0.4) is 0 Å². The monoisotopic (exact) mass is 275 g/mol. The Balaban J connectivity index is 1.99. The number of nitrogens with one attached hydrogen (secondary N) is 1. The molecule has 1 aromatic carbocycles. The Morgan fingerprint density at radius 2 is 1.84 bits per heavy atom. The zero-order valence-electron chi connectivity index (χ0n) is 9.36. The average molecular weight is 275 g/mol. The third kappa shape index (κ3) is 3.60. The van der Waals surface area contributed by atoms with Crippen molar-refractivity contribution in [2.75, 3.05) is 0 Å². The van der Waals surface area contributed by atoms with Gasteiger partial charge < -0.3 is 14.8 Å². The van der Waals surface area contributed by atoms with Gasteiger partial charge in [0.15, 0.2) is 0 Å². The van der Waals surface area contributed by atoms with Crippen LogP contribution in [-0.4, -0.2) is 24.5 Å². The molecule has 1 aliphatic rings. The van der Waals surface area contributed by atoms with Crippen LogP contribution in [0.4, 0.5) is 18.0 Å². The van der Waals surface area contributed by atoms with Gasteiger partial charge in [0, 0.05) is 6.42 Å². The minimum absolute atomic E-state index is 0.136. The van der Waals surface area contributed by atoms with E-state index in [0.717, 1.165) is 12.1 Å². The fourth-order valence-electron chi connectivity index (χ4n) is 1.59. The minimum atomic E-state index is -4.75. The van der Waals surface area contributed by atoms with E-state index in [1.165, 1.54) is 12.1 Å². The lowest BCUT2D eigenvalue weighted by Crippen LogP contribution is -2.30. The van der Waals surface area contributed by atoms with E-state index in [1.54, 1.807) is 0 Å². The zero-order chi connectivity index (χ0) is 14.0. The maximum absolute atomic E-state index is 11.9. The molecule has 0 aliphatic carbocycles. The van der Waals surface area contributed by atoms with Crippen molar-refractivity contribution in [1.82, 2.24) is 5.32 Å². The van der Waals surface area contributed by atoms with E-state index in [0.29, 0.717) is 5.56 Å². The number of carbonyl (C=O) groups excluding carboxylic acids is 2. The van der Waals surface area contributed by atoms with Crippen LogP contribution in [-0.2, 0) is 16.0 Å². The van der Waals surface area contributed by atoms with Gasteiger partial charge >= 0.3 is 18.4 Å². The predicted octanol–water partition coefficient (Wildman–Crippen LogP) is 1.76. The molecule has 102 valence electrons. The van der Waals surface area contributed by atoms with Crippen LogP contribution < -0.4 is 10.1 Å². The number of hydrogen-bond acceptors (Lipinski definition) is 4. The summed E-state index contributed by atoms with van der Waals surface area (Å²) in [7, 11) is 0. The van der Waals surface area contributed by atoms with E-state index in [2.05, 4.69) is 14.8 Å². The number of esters is 1. The molecule has 8 heteroatoms. The highest BCUT2D eigenvalue weighted by Crippen LogP contribution is 2.23. The lowest BCUT2D eigenvalue weighted by molar-refractivity contribution is -0.274. The Morgan fingerprint density at radius 3 is 2.32 bits per heavy atom. The highest BCUT2D eigenvalue weighted by Gasteiger charge is 2.33. The topological polar surface area (TPSA) is 64.6 Å². The second kappa shape index (κ2) is 4.79. The number of amides is 1. The van der Waals surface area contributed by atoms with E-state index >= 15 is 0 Å². The number of ether oxygens (including phenoxy) is 2. The van der Waals surface area contributed by atoms with Crippen LogP contribution >= 0.6 is 0 Å². The number of benzene rings is 1. The van der Waals surface area contributed by atoms with Crippen molar-refractivity contribution in [3.63, 3.8) is 0 Å². The van der Waals surface area contributed by atoms with Crippen molar-refractivity contribution in [2.24, 2.45) is 0 Å². The SMILES string of the molecule is O=C1NC(Cc2ccc(OC(F)(F)F)cc2)C(=O)O1. The standard InChI is InChI=1S/C11H8F3NO4/c12-11(13,14)19-7-3-1-6(2-4-7)5-8-9(16)18-10(17)15-8/h1-4,8H,5H2,(H,15,17). The van der Waals surface area contributed by atoms with E-state index in [-0.39, 0.29) is 12.2 Å². The zero-order valence-corrected chi connectivity index (χ0v) is 9.36. The van der Waals surface area contributed by atoms with E-state index in [4.69, 9.17) is 0 Å². The van der Waals surface area contributed by atoms with Gasteiger partial charge in [-0.1, -0.05) is 12.1 Å². The van der Waals surface area contributed by atoms with Gasteiger partial charge in [-0.3, -0.25) is 0 Å². The summed E-state index contributed by atoms with van der Waals surface area (Å²) in [4.78, 5) is 21.9. The van der Waals surface area contributed by atoms with Gasteiger partial charge in [0.1, 0.15) is 11.8 Å². The van der Waals surface area contributed by atoms with Crippen molar-refractivity contribution in [1.29, 1.82) is 0 Å². The van der Waals surface area contributed by atoms with Gasteiger partial charge in [0.2, 0.25) is 0 Å². The molecule has 5 nitrogen and oxygen atoms in total. The summed E-state index contributed by atoms with van der Waals surface area (Å²) in [5.74, 6) is -1.06. The Labute approximate surface area is 105 Å². The van der Waals surface area contributed by atoms with Crippen molar-refractivity contribution >= 4 is 12.1 Å². The van der Waals surface area contributed by atoms with Crippen molar-refractivity contribution in [2.45, 2.75) is 18.8 Å². The molecule has 1 atom stereocenters. The lowest BCUT2D eigenvalue weighted by Gasteiger charge is -2.10. The predicted molar refractivity (Wildman–Crippen MR) is 55.2 cm³/mol. The Kier molecular flexibility index (Phi) is 3.32.